The van der Waals surface area contributed by atoms with Gasteiger partial charge in [-0.25, -0.2) is 9.37 Å². The fraction of sp³-hybridized carbons (Fsp3) is 0.182. The van der Waals surface area contributed by atoms with Gasteiger partial charge >= 0.3 is 0 Å². The van der Waals surface area contributed by atoms with Crippen LogP contribution >= 0.6 is 0 Å². The molecule has 1 saturated heterocycles. The summed E-state index contributed by atoms with van der Waals surface area (Å²) in [5, 5.41) is 22.5. The van der Waals surface area contributed by atoms with Crippen LogP contribution in [0.5, 0.6) is 0 Å². The Labute approximate surface area is 177 Å². The number of fused-ring (bicyclic) bond motifs is 1. The lowest BCUT2D eigenvalue weighted by atomic mass is 10.1. The first-order chi connectivity index (χ1) is 15.0. The highest BCUT2D eigenvalue weighted by atomic mass is 19.1. The molecule has 0 unspecified atom stereocenters. The number of anilines is 3. The van der Waals surface area contributed by atoms with E-state index >= 15 is 0 Å². The van der Waals surface area contributed by atoms with Gasteiger partial charge < -0.3 is 16.0 Å². The topological polar surface area (TPSA) is 107 Å². The van der Waals surface area contributed by atoms with E-state index in [-0.39, 0.29) is 23.6 Å². The van der Waals surface area contributed by atoms with Crippen molar-refractivity contribution >= 4 is 35.0 Å². The second-order valence-electron chi connectivity index (χ2n) is 7.59. The maximum Gasteiger partial charge on any atom is 0.228 e. The molecule has 3 aromatic rings. The number of benzene rings is 1. The Morgan fingerprint density at radius 3 is 2.87 bits per heavy atom. The van der Waals surface area contributed by atoms with Crippen LogP contribution in [-0.2, 0) is 4.79 Å². The van der Waals surface area contributed by atoms with E-state index in [0.717, 1.165) is 29.8 Å². The third-order valence-corrected chi connectivity index (χ3v) is 5.15. The van der Waals surface area contributed by atoms with E-state index in [9.17, 15) is 9.18 Å². The van der Waals surface area contributed by atoms with Crippen LogP contribution in [0.3, 0.4) is 0 Å². The number of halogens is 1. The molecule has 1 aliphatic heterocycles. The summed E-state index contributed by atoms with van der Waals surface area (Å²) < 4.78 is 16.1. The quantitative estimate of drug-likeness (QED) is 0.589. The Kier molecular flexibility index (Phi) is 4.40. The molecule has 2 aliphatic rings. The van der Waals surface area contributed by atoms with Gasteiger partial charge in [-0.15, -0.1) is 0 Å². The van der Waals surface area contributed by atoms with E-state index in [1.54, 1.807) is 16.8 Å². The molecule has 0 spiro atoms. The first kappa shape index (κ1) is 18.8. The lowest BCUT2D eigenvalue weighted by Gasteiger charge is -2.12. The molecule has 154 valence electrons. The van der Waals surface area contributed by atoms with Gasteiger partial charge in [-0.3, -0.25) is 4.79 Å². The first-order valence-corrected chi connectivity index (χ1v) is 9.82. The lowest BCUT2D eigenvalue weighted by molar-refractivity contribution is -0.118. The normalized spacial score (nSPS) is 17.1. The predicted octanol–water partition coefficient (Wildman–Crippen LogP) is 3.47. The molecule has 8 nitrogen and oxygen atoms in total. The van der Waals surface area contributed by atoms with Crippen LogP contribution in [0.2, 0.25) is 0 Å². The van der Waals surface area contributed by atoms with Crippen molar-refractivity contribution in [3.8, 4) is 6.07 Å². The van der Waals surface area contributed by atoms with Gasteiger partial charge in [0.2, 0.25) is 5.91 Å². The zero-order chi connectivity index (χ0) is 21.5. The van der Waals surface area contributed by atoms with Crippen LogP contribution in [0.1, 0.15) is 30.4 Å². The minimum atomic E-state index is -0.542. The van der Waals surface area contributed by atoms with Gasteiger partial charge in [0.15, 0.2) is 5.65 Å². The van der Waals surface area contributed by atoms with Gasteiger partial charge in [-0.05, 0) is 42.7 Å². The number of allylic oxidation sites excluding steroid dienone is 1. The van der Waals surface area contributed by atoms with Crippen LogP contribution < -0.4 is 16.0 Å². The third kappa shape index (κ3) is 3.71. The molecular formula is C22H18FN7O. The summed E-state index contributed by atoms with van der Waals surface area (Å²) in [6.45, 7) is 3.87. The molecule has 0 bridgehead atoms. The highest BCUT2D eigenvalue weighted by Crippen LogP contribution is 2.30. The Balaban J connectivity index is 1.57. The van der Waals surface area contributed by atoms with Crippen molar-refractivity contribution in [2.75, 3.05) is 10.6 Å². The van der Waals surface area contributed by atoms with Crippen LogP contribution in [0.4, 0.5) is 21.7 Å². The number of hydrogen-bond acceptors (Lipinski definition) is 6. The van der Waals surface area contributed by atoms with Crippen LogP contribution in [0.25, 0.3) is 11.7 Å². The predicted molar refractivity (Wildman–Crippen MR) is 114 cm³/mol. The standard InChI is InChI=1S/C22H18FN7O/c1-12-14(8-21(31)26-12)7-15-11-25-30-20(27-16-3-4-16)9-19(29-22(15)30)28-18-5-2-13(10-24)6-17(18)23/h2,5-7,9,11,16,27H,1,3-4,8H2,(H,26,31)(H,28,29)/b14-7+. The molecule has 5 rings (SSSR count). The monoisotopic (exact) mass is 415 g/mol. The molecule has 3 heterocycles. The maximum absolute atomic E-state index is 14.4. The Morgan fingerprint density at radius 1 is 1.35 bits per heavy atom. The van der Waals surface area contributed by atoms with E-state index in [1.807, 2.05) is 12.1 Å². The van der Waals surface area contributed by atoms with E-state index in [1.165, 1.54) is 18.2 Å². The van der Waals surface area contributed by atoms with Gasteiger partial charge in [-0.2, -0.15) is 14.9 Å². The minimum absolute atomic E-state index is 0.101. The van der Waals surface area contributed by atoms with E-state index < -0.39 is 5.82 Å². The molecule has 3 N–H and O–H groups in total. The molecule has 1 amide bonds. The highest BCUT2D eigenvalue weighted by Gasteiger charge is 2.24. The summed E-state index contributed by atoms with van der Waals surface area (Å²) in [6, 6.07) is 8.28. The number of nitriles is 1. The zero-order valence-corrected chi connectivity index (χ0v) is 16.4. The van der Waals surface area contributed by atoms with E-state index in [0.29, 0.717) is 23.2 Å². The number of amides is 1. The van der Waals surface area contributed by atoms with Crippen molar-refractivity contribution in [3.63, 3.8) is 0 Å². The second-order valence-corrected chi connectivity index (χ2v) is 7.59. The van der Waals surface area contributed by atoms with Gasteiger partial charge in [0.05, 0.1) is 29.9 Å². The summed E-state index contributed by atoms with van der Waals surface area (Å²) in [4.78, 5) is 16.3. The summed E-state index contributed by atoms with van der Waals surface area (Å²) in [7, 11) is 0. The highest BCUT2D eigenvalue weighted by molar-refractivity contribution is 5.89. The second kappa shape index (κ2) is 7.25. The molecule has 2 aromatic heterocycles. The number of carbonyl (C=O) groups excluding carboxylic acids is 1. The van der Waals surface area contributed by atoms with Crippen molar-refractivity contribution in [1.29, 1.82) is 5.26 Å². The number of nitrogens with one attached hydrogen (secondary N) is 3. The van der Waals surface area contributed by atoms with Crippen molar-refractivity contribution in [2.45, 2.75) is 25.3 Å². The van der Waals surface area contributed by atoms with Crippen molar-refractivity contribution in [2.24, 2.45) is 0 Å². The minimum Gasteiger partial charge on any atom is -0.367 e. The summed E-state index contributed by atoms with van der Waals surface area (Å²) in [5.41, 5.74) is 3.07. The molecule has 9 heteroatoms. The summed E-state index contributed by atoms with van der Waals surface area (Å²) in [5.74, 6) is 0.516. The molecule has 0 atom stereocenters. The van der Waals surface area contributed by atoms with Crippen molar-refractivity contribution in [1.82, 2.24) is 19.9 Å². The summed E-state index contributed by atoms with van der Waals surface area (Å²) in [6.07, 6.45) is 5.90. The number of carbonyl (C=O) groups is 1. The molecule has 2 fully saturated rings. The van der Waals surface area contributed by atoms with Gasteiger partial charge in [-0.1, -0.05) is 6.58 Å². The zero-order valence-electron chi connectivity index (χ0n) is 16.4. The fourth-order valence-corrected chi connectivity index (χ4v) is 3.41. The molecular weight excluding hydrogens is 397 g/mol. The molecule has 1 saturated carbocycles. The van der Waals surface area contributed by atoms with Crippen LogP contribution in [-0.4, -0.2) is 26.5 Å². The number of rotatable bonds is 5. The molecule has 1 aromatic carbocycles. The Bertz CT molecular complexity index is 1310. The fourth-order valence-electron chi connectivity index (χ4n) is 3.41. The largest absolute Gasteiger partial charge is 0.367 e. The molecule has 31 heavy (non-hydrogen) atoms. The maximum atomic E-state index is 14.4. The van der Waals surface area contributed by atoms with Gasteiger partial charge in [0.1, 0.15) is 17.5 Å². The smallest absolute Gasteiger partial charge is 0.228 e. The van der Waals surface area contributed by atoms with Crippen LogP contribution in [0, 0.1) is 17.1 Å². The number of nitrogens with zero attached hydrogens (tertiary/aromatic N) is 4. The Morgan fingerprint density at radius 2 is 2.19 bits per heavy atom. The first-order valence-electron chi connectivity index (χ1n) is 9.82. The van der Waals surface area contributed by atoms with Crippen molar-refractivity contribution < 1.29 is 9.18 Å². The third-order valence-electron chi connectivity index (χ3n) is 5.15. The van der Waals surface area contributed by atoms with E-state index in [2.05, 4.69) is 32.6 Å². The number of hydrogen-bond donors (Lipinski definition) is 3. The van der Waals surface area contributed by atoms with Gasteiger partial charge in [0, 0.05) is 23.4 Å². The van der Waals surface area contributed by atoms with Crippen molar-refractivity contribution in [3.05, 3.63) is 65.3 Å². The van der Waals surface area contributed by atoms with Crippen LogP contribution in [0.15, 0.2) is 48.3 Å². The summed E-state index contributed by atoms with van der Waals surface area (Å²) >= 11 is 0. The lowest BCUT2D eigenvalue weighted by Crippen LogP contribution is -2.10. The average molecular weight is 415 g/mol. The molecule has 1 aliphatic carbocycles. The van der Waals surface area contributed by atoms with E-state index in [4.69, 9.17) is 5.26 Å². The average Bonchev–Trinajstić information content (AvgIpc) is 3.38. The van der Waals surface area contributed by atoms with Gasteiger partial charge in [0.25, 0.3) is 0 Å². The SMILES string of the molecule is C=C1NC(=O)C/C1=C\c1cnn2c(NC3CC3)cc(Nc3ccc(C#N)cc3F)nc12. The molecule has 0 radical (unpaired) electrons. The Hall–Kier alpha value is -4.19. The number of aromatic nitrogens is 3.